The Balaban J connectivity index is 2.29. The first-order chi connectivity index (χ1) is 6.27. The fraction of sp³-hybridized carbons (Fsp3) is 0.143. The van der Waals surface area contributed by atoms with E-state index < -0.39 is 0 Å². The van der Waals surface area contributed by atoms with E-state index in [1.807, 2.05) is 11.4 Å². The number of H-pyrrole nitrogens is 1. The number of hydrogen-bond donors (Lipinski definition) is 2. The number of nitrogens with zero attached hydrogens (tertiary/aromatic N) is 2. The zero-order chi connectivity index (χ0) is 9.26. The Morgan fingerprint density at radius 2 is 2.54 bits per heavy atom. The fourth-order valence-corrected chi connectivity index (χ4v) is 1.86. The van der Waals surface area contributed by atoms with Gasteiger partial charge in [-0.25, -0.2) is 4.68 Å². The first-order valence-corrected chi connectivity index (χ1v) is 5.05. The third-order valence-corrected chi connectivity index (χ3v) is 2.74. The van der Waals surface area contributed by atoms with Gasteiger partial charge in [0.05, 0.1) is 0 Å². The molecule has 0 aromatic carbocycles. The molecule has 0 saturated heterocycles. The first-order valence-electron chi connectivity index (χ1n) is 3.70. The second kappa shape index (κ2) is 3.31. The zero-order valence-electron chi connectivity index (χ0n) is 6.73. The van der Waals surface area contributed by atoms with Crippen LogP contribution in [0.3, 0.4) is 0 Å². The van der Waals surface area contributed by atoms with Crippen molar-refractivity contribution in [1.29, 1.82) is 0 Å². The third kappa shape index (κ3) is 1.63. The van der Waals surface area contributed by atoms with Crippen molar-refractivity contribution in [1.82, 2.24) is 14.9 Å². The van der Waals surface area contributed by atoms with Gasteiger partial charge in [-0.1, -0.05) is 0 Å². The van der Waals surface area contributed by atoms with Crippen LogP contribution in [0.25, 0.3) is 0 Å². The van der Waals surface area contributed by atoms with Crippen LogP contribution in [0.1, 0.15) is 11.4 Å². The SMILES string of the molecule is Nn1c(Cc2ccsc2)n[nH]c1=S. The van der Waals surface area contributed by atoms with Gasteiger partial charge in [0.15, 0.2) is 5.82 Å². The van der Waals surface area contributed by atoms with Crippen molar-refractivity contribution in [2.45, 2.75) is 6.42 Å². The van der Waals surface area contributed by atoms with E-state index in [2.05, 4.69) is 15.6 Å². The molecule has 0 aliphatic heterocycles. The van der Waals surface area contributed by atoms with Crippen LogP contribution in [0.5, 0.6) is 0 Å². The lowest BCUT2D eigenvalue weighted by molar-refractivity contribution is 0.870. The lowest BCUT2D eigenvalue weighted by Crippen LogP contribution is -2.12. The molecule has 0 unspecified atom stereocenters. The second-order valence-electron chi connectivity index (χ2n) is 2.62. The quantitative estimate of drug-likeness (QED) is 0.583. The number of hydrogen-bond acceptors (Lipinski definition) is 4. The smallest absolute Gasteiger partial charge is 0.214 e. The summed E-state index contributed by atoms with van der Waals surface area (Å²) >= 11 is 6.55. The van der Waals surface area contributed by atoms with Gasteiger partial charge in [-0.2, -0.15) is 16.4 Å². The number of rotatable bonds is 2. The molecule has 6 heteroatoms. The molecule has 0 fully saturated rings. The van der Waals surface area contributed by atoms with Gasteiger partial charge in [0.25, 0.3) is 0 Å². The summed E-state index contributed by atoms with van der Waals surface area (Å²) in [6.07, 6.45) is 0.715. The molecular formula is C7H8N4S2. The van der Waals surface area contributed by atoms with Crippen molar-refractivity contribution in [2.75, 3.05) is 5.84 Å². The number of nitrogens with two attached hydrogens (primary N) is 1. The van der Waals surface area contributed by atoms with Crippen molar-refractivity contribution >= 4 is 23.6 Å². The topological polar surface area (TPSA) is 59.6 Å². The molecule has 0 saturated carbocycles. The number of aromatic amines is 1. The molecule has 0 aliphatic carbocycles. The molecule has 0 bridgehead atoms. The molecule has 2 aromatic rings. The van der Waals surface area contributed by atoms with E-state index in [0.717, 1.165) is 5.82 Å². The van der Waals surface area contributed by atoms with Crippen molar-refractivity contribution in [3.63, 3.8) is 0 Å². The van der Waals surface area contributed by atoms with Gasteiger partial charge in [0, 0.05) is 6.42 Å². The Morgan fingerprint density at radius 1 is 1.69 bits per heavy atom. The highest BCUT2D eigenvalue weighted by Crippen LogP contribution is 2.09. The summed E-state index contributed by atoms with van der Waals surface area (Å²) in [6.45, 7) is 0. The van der Waals surface area contributed by atoms with Gasteiger partial charge in [-0.15, -0.1) is 0 Å². The van der Waals surface area contributed by atoms with Gasteiger partial charge in [-0.05, 0) is 34.6 Å². The molecule has 4 nitrogen and oxygen atoms in total. The summed E-state index contributed by atoms with van der Waals surface area (Å²) in [5.41, 5.74) is 1.20. The average Bonchev–Trinajstić information content (AvgIpc) is 2.71. The third-order valence-electron chi connectivity index (χ3n) is 1.72. The summed E-state index contributed by atoms with van der Waals surface area (Å²) in [7, 11) is 0. The van der Waals surface area contributed by atoms with E-state index in [1.165, 1.54) is 10.2 Å². The average molecular weight is 212 g/mol. The molecule has 2 aromatic heterocycles. The molecular weight excluding hydrogens is 204 g/mol. The Hall–Kier alpha value is -1.14. The highest BCUT2D eigenvalue weighted by atomic mass is 32.1. The molecule has 68 valence electrons. The summed E-state index contributed by atoms with van der Waals surface area (Å²) in [5.74, 6) is 6.39. The Morgan fingerprint density at radius 3 is 3.08 bits per heavy atom. The van der Waals surface area contributed by atoms with Crippen LogP contribution < -0.4 is 5.84 Å². The summed E-state index contributed by atoms with van der Waals surface area (Å²) in [6, 6.07) is 2.04. The van der Waals surface area contributed by atoms with Crippen LogP contribution in [0.2, 0.25) is 0 Å². The molecule has 0 spiro atoms. The number of aromatic nitrogens is 3. The van der Waals surface area contributed by atoms with Crippen molar-refractivity contribution in [2.24, 2.45) is 0 Å². The fourth-order valence-electron chi connectivity index (χ4n) is 1.04. The zero-order valence-corrected chi connectivity index (χ0v) is 8.36. The molecule has 13 heavy (non-hydrogen) atoms. The van der Waals surface area contributed by atoms with Crippen LogP contribution in [0.15, 0.2) is 16.8 Å². The number of thiophene rings is 1. The highest BCUT2D eigenvalue weighted by Gasteiger charge is 2.03. The predicted molar refractivity (Wildman–Crippen MR) is 54.7 cm³/mol. The van der Waals surface area contributed by atoms with E-state index in [1.54, 1.807) is 11.3 Å². The van der Waals surface area contributed by atoms with Gasteiger partial charge in [0.2, 0.25) is 4.77 Å². The van der Waals surface area contributed by atoms with E-state index in [4.69, 9.17) is 18.1 Å². The van der Waals surface area contributed by atoms with Crippen LogP contribution in [0.4, 0.5) is 0 Å². The second-order valence-corrected chi connectivity index (χ2v) is 3.79. The molecule has 0 radical (unpaired) electrons. The van der Waals surface area contributed by atoms with Gasteiger partial charge >= 0.3 is 0 Å². The Labute approximate surface area is 84.0 Å². The van der Waals surface area contributed by atoms with Crippen LogP contribution in [0, 0.1) is 4.77 Å². The van der Waals surface area contributed by atoms with Crippen LogP contribution in [-0.2, 0) is 6.42 Å². The van der Waals surface area contributed by atoms with Gasteiger partial charge < -0.3 is 5.84 Å². The maximum absolute atomic E-state index is 5.64. The number of nitrogen functional groups attached to an aromatic ring is 1. The minimum atomic E-state index is 0.449. The highest BCUT2D eigenvalue weighted by molar-refractivity contribution is 7.71. The molecule has 0 aliphatic rings. The maximum atomic E-state index is 5.64. The van der Waals surface area contributed by atoms with Crippen LogP contribution in [-0.4, -0.2) is 14.9 Å². The standard InChI is InChI=1S/C7H8N4S2/c8-11-6(9-10-7(11)12)3-5-1-2-13-4-5/h1-2,4H,3,8H2,(H,10,12). The lowest BCUT2D eigenvalue weighted by atomic mass is 10.2. The maximum Gasteiger partial charge on any atom is 0.214 e. The van der Waals surface area contributed by atoms with E-state index in [-0.39, 0.29) is 0 Å². The summed E-state index contributed by atoms with van der Waals surface area (Å²) in [4.78, 5) is 0. The van der Waals surface area contributed by atoms with E-state index in [0.29, 0.717) is 11.2 Å². The molecule has 2 rings (SSSR count). The molecule has 0 atom stereocenters. The lowest BCUT2D eigenvalue weighted by Gasteiger charge is -1.96. The van der Waals surface area contributed by atoms with E-state index in [9.17, 15) is 0 Å². The number of nitrogens with one attached hydrogen (secondary N) is 1. The van der Waals surface area contributed by atoms with Crippen molar-refractivity contribution < 1.29 is 0 Å². The van der Waals surface area contributed by atoms with Gasteiger partial charge in [-0.3, -0.25) is 5.10 Å². The van der Waals surface area contributed by atoms with Gasteiger partial charge in [0.1, 0.15) is 0 Å². The predicted octanol–water partition coefficient (Wildman–Crippen LogP) is 1.31. The molecule has 2 heterocycles. The molecule has 0 amide bonds. The van der Waals surface area contributed by atoms with E-state index >= 15 is 0 Å². The normalized spacial score (nSPS) is 10.5. The van der Waals surface area contributed by atoms with Crippen molar-refractivity contribution in [3.8, 4) is 0 Å². The van der Waals surface area contributed by atoms with Crippen molar-refractivity contribution in [3.05, 3.63) is 33.0 Å². The summed E-state index contributed by atoms with van der Waals surface area (Å²) < 4.78 is 1.85. The Kier molecular flexibility index (Phi) is 2.15. The summed E-state index contributed by atoms with van der Waals surface area (Å²) in [5, 5.41) is 10.8. The largest absolute Gasteiger partial charge is 0.335 e. The van der Waals surface area contributed by atoms with Crippen LogP contribution >= 0.6 is 23.6 Å². The molecule has 3 N–H and O–H groups in total. The monoisotopic (exact) mass is 212 g/mol. The first kappa shape index (κ1) is 8.46. The Bertz CT molecular complexity index is 439. The minimum absolute atomic E-state index is 0.449. The minimum Gasteiger partial charge on any atom is -0.335 e.